The number of nitrogens with zero attached hydrogens (tertiary/aromatic N) is 2. The number of halogens is 2. The zero-order chi connectivity index (χ0) is 18.4. The van der Waals surface area contributed by atoms with E-state index in [1.54, 1.807) is 24.5 Å². The molecule has 0 aliphatic rings. The molecule has 0 aliphatic carbocycles. The second-order valence-corrected chi connectivity index (χ2v) is 7.69. The predicted octanol–water partition coefficient (Wildman–Crippen LogP) is 2.07. The van der Waals surface area contributed by atoms with Gasteiger partial charge in [-0.1, -0.05) is 17.7 Å². The number of carbonyl (C=O) groups is 1. The quantitative estimate of drug-likeness (QED) is 0.791. The summed E-state index contributed by atoms with van der Waals surface area (Å²) >= 11 is 5.83. The Morgan fingerprint density at radius 2 is 1.96 bits per heavy atom. The fourth-order valence-electron chi connectivity index (χ4n) is 2.15. The third-order valence-corrected chi connectivity index (χ3v) is 4.98. The molecular weight excluding hydrogens is 369 g/mol. The molecule has 2 rings (SSSR count). The second kappa shape index (κ2) is 8.37. The number of aromatic nitrogens is 1. The molecule has 6 nitrogen and oxygen atoms in total. The third-order valence-electron chi connectivity index (χ3n) is 3.41. The zero-order valence-electron chi connectivity index (χ0n) is 13.4. The zero-order valence-corrected chi connectivity index (χ0v) is 15.0. The van der Waals surface area contributed by atoms with Crippen LogP contribution < -0.4 is 5.32 Å². The molecule has 0 saturated heterocycles. The summed E-state index contributed by atoms with van der Waals surface area (Å²) in [6.45, 7) is 0.207. The van der Waals surface area contributed by atoms with Gasteiger partial charge >= 0.3 is 0 Å². The molecule has 1 aromatic carbocycles. The van der Waals surface area contributed by atoms with Crippen molar-refractivity contribution in [3.63, 3.8) is 0 Å². The lowest BCUT2D eigenvalue weighted by Gasteiger charge is -2.20. The van der Waals surface area contributed by atoms with E-state index in [0.29, 0.717) is 0 Å². The van der Waals surface area contributed by atoms with Crippen molar-refractivity contribution in [1.82, 2.24) is 14.6 Å². The maximum absolute atomic E-state index is 13.7. The first-order chi connectivity index (χ1) is 11.8. The minimum Gasteiger partial charge on any atom is -0.351 e. The van der Waals surface area contributed by atoms with Crippen LogP contribution in [0.2, 0.25) is 5.02 Å². The number of rotatable bonds is 7. The first-order valence-corrected chi connectivity index (χ1v) is 9.58. The topological polar surface area (TPSA) is 79.4 Å². The molecule has 0 atom stereocenters. The van der Waals surface area contributed by atoms with Crippen LogP contribution in [0, 0.1) is 5.82 Å². The average Bonchev–Trinajstić information content (AvgIpc) is 2.54. The number of sulfonamides is 1. The van der Waals surface area contributed by atoms with Gasteiger partial charge < -0.3 is 5.32 Å². The van der Waals surface area contributed by atoms with Gasteiger partial charge in [-0.05, 0) is 29.8 Å². The van der Waals surface area contributed by atoms with Gasteiger partial charge in [-0.2, -0.15) is 4.31 Å². The molecule has 1 aromatic heterocycles. The first-order valence-electron chi connectivity index (χ1n) is 7.35. The Morgan fingerprint density at radius 3 is 2.56 bits per heavy atom. The number of amides is 1. The van der Waals surface area contributed by atoms with Crippen molar-refractivity contribution < 1.29 is 17.6 Å². The second-order valence-electron chi connectivity index (χ2n) is 5.30. The molecule has 134 valence electrons. The van der Waals surface area contributed by atoms with E-state index < -0.39 is 21.7 Å². The predicted molar refractivity (Wildman–Crippen MR) is 93.2 cm³/mol. The lowest BCUT2D eigenvalue weighted by Crippen LogP contribution is -2.38. The minimum atomic E-state index is -3.48. The van der Waals surface area contributed by atoms with Gasteiger partial charge in [0.25, 0.3) is 5.91 Å². The average molecular weight is 386 g/mol. The van der Waals surface area contributed by atoms with Crippen molar-refractivity contribution in [2.75, 3.05) is 19.3 Å². The molecule has 0 unspecified atom stereocenters. The van der Waals surface area contributed by atoms with Gasteiger partial charge in [-0.15, -0.1) is 0 Å². The summed E-state index contributed by atoms with van der Waals surface area (Å²) < 4.78 is 38.7. The van der Waals surface area contributed by atoms with Crippen LogP contribution in [0.4, 0.5) is 4.39 Å². The molecule has 0 radical (unpaired) electrons. The van der Waals surface area contributed by atoms with Crippen LogP contribution >= 0.6 is 11.6 Å². The molecule has 1 heterocycles. The Bertz CT molecular complexity index is 827. The number of pyridine rings is 1. The van der Waals surface area contributed by atoms with Crippen molar-refractivity contribution in [2.45, 2.75) is 6.54 Å². The summed E-state index contributed by atoms with van der Waals surface area (Å²) in [7, 11) is -3.48. The maximum Gasteiger partial charge on any atom is 0.255 e. The van der Waals surface area contributed by atoms with Crippen LogP contribution in [0.1, 0.15) is 15.9 Å². The van der Waals surface area contributed by atoms with Crippen LogP contribution in [-0.4, -0.2) is 43.0 Å². The molecular formula is C16H17ClFN3O3S. The third kappa shape index (κ3) is 5.48. The summed E-state index contributed by atoms with van der Waals surface area (Å²) in [5.74, 6) is -1.43. The lowest BCUT2D eigenvalue weighted by atomic mass is 10.2. The standard InChI is InChI=1S/C16H17ClFN3O3S/c1-25(23,24)21(11-12-5-7-19-8-6-12)10-9-20-16(22)15-13(17)3-2-4-14(15)18/h2-8H,9-11H2,1H3,(H,20,22). The molecule has 0 bridgehead atoms. The molecule has 0 spiro atoms. The number of carbonyl (C=O) groups excluding carboxylic acids is 1. The van der Waals surface area contributed by atoms with E-state index in [0.717, 1.165) is 17.9 Å². The van der Waals surface area contributed by atoms with Gasteiger partial charge in [0.15, 0.2) is 0 Å². The van der Waals surface area contributed by atoms with E-state index in [9.17, 15) is 17.6 Å². The van der Waals surface area contributed by atoms with E-state index in [2.05, 4.69) is 10.3 Å². The van der Waals surface area contributed by atoms with E-state index in [1.807, 2.05) is 0 Å². The Labute approximate surface area is 150 Å². The van der Waals surface area contributed by atoms with Crippen molar-refractivity contribution in [1.29, 1.82) is 0 Å². The Hall–Kier alpha value is -2.03. The van der Waals surface area contributed by atoms with E-state index >= 15 is 0 Å². The molecule has 0 aliphatic heterocycles. The molecule has 1 amide bonds. The van der Waals surface area contributed by atoms with Crippen molar-refractivity contribution in [3.05, 3.63) is 64.7 Å². The minimum absolute atomic E-state index is 0.00532. The van der Waals surface area contributed by atoms with Crippen molar-refractivity contribution >= 4 is 27.5 Å². The van der Waals surface area contributed by atoms with Gasteiger partial charge in [0.1, 0.15) is 5.82 Å². The van der Waals surface area contributed by atoms with E-state index in [1.165, 1.54) is 16.4 Å². The highest BCUT2D eigenvalue weighted by molar-refractivity contribution is 7.88. The fraction of sp³-hybridized carbons (Fsp3) is 0.250. The number of benzene rings is 1. The SMILES string of the molecule is CS(=O)(=O)N(CCNC(=O)c1c(F)cccc1Cl)Cc1ccncc1. The first kappa shape index (κ1) is 19.3. The van der Waals surface area contributed by atoms with Gasteiger partial charge in [0.2, 0.25) is 10.0 Å². The van der Waals surface area contributed by atoms with Crippen LogP contribution in [0.25, 0.3) is 0 Å². The monoisotopic (exact) mass is 385 g/mol. The maximum atomic E-state index is 13.7. The van der Waals surface area contributed by atoms with Gasteiger partial charge in [-0.3, -0.25) is 9.78 Å². The highest BCUT2D eigenvalue weighted by Gasteiger charge is 2.19. The van der Waals surface area contributed by atoms with Gasteiger partial charge in [0.05, 0.1) is 16.8 Å². The molecule has 0 fully saturated rings. The Morgan fingerprint density at radius 1 is 1.28 bits per heavy atom. The molecule has 0 saturated carbocycles. The van der Waals surface area contributed by atoms with Crippen LogP contribution in [0.15, 0.2) is 42.7 Å². The number of nitrogens with one attached hydrogen (secondary N) is 1. The smallest absolute Gasteiger partial charge is 0.255 e. The molecule has 1 N–H and O–H groups in total. The van der Waals surface area contributed by atoms with Gasteiger partial charge in [0, 0.05) is 32.0 Å². The van der Waals surface area contributed by atoms with Crippen molar-refractivity contribution in [3.8, 4) is 0 Å². The lowest BCUT2D eigenvalue weighted by molar-refractivity contribution is 0.0947. The Kier molecular flexibility index (Phi) is 6.46. The summed E-state index contributed by atoms with van der Waals surface area (Å²) in [6, 6.07) is 7.35. The van der Waals surface area contributed by atoms with Crippen LogP contribution in [0.3, 0.4) is 0 Å². The van der Waals surface area contributed by atoms with Gasteiger partial charge in [-0.25, -0.2) is 12.8 Å². The van der Waals surface area contributed by atoms with Crippen LogP contribution in [-0.2, 0) is 16.6 Å². The van der Waals surface area contributed by atoms with E-state index in [4.69, 9.17) is 11.6 Å². The normalized spacial score (nSPS) is 11.5. The molecule has 2 aromatic rings. The van der Waals surface area contributed by atoms with E-state index in [-0.39, 0.29) is 30.2 Å². The highest BCUT2D eigenvalue weighted by Crippen LogP contribution is 2.18. The number of hydrogen-bond donors (Lipinski definition) is 1. The summed E-state index contributed by atoms with van der Waals surface area (Å²) in [5, 5.41) is 2.48. The summed E-state index contributed by atoms with van der Waals surface area (Å²) in [5.41, 5.74) is 0.508. The summed E-state index contributed by atoms with van der Waals surface area (Å²) in [6.07, 6.45) is 4.22. The summed E-state index contributed by atoms with van der Waals surface area (Å²) in [4.78, 5) is 15.9. The fourth-order valence-corrected chi connectivity index (χ4v) is 3.21. The highest BCUT2D eigenvalue weighted by atomic mass is 35.5. The molecule has 9 heteroatoms. The number of hydrogen-bond acceptors (Lipinski definition) is 4. The Balaban J connectivity index is 2.00. The largest absolute Gasteiger partial charge is 0.351 e. The molecule has 25 heavy (non-hydrogen) atoms. The van der Waals surface area contributed by atoms with Crippen LogP contribution in [0.5, 0.6) is 0 Å². The van der Waals surface area contributed by atoms with Crippen molar-refractivity contribution in [2.24, 2.45) is 0 Å².